The van der Waals surface area contributed by atoms with Gasteiger partial charge < -0.3 is 14.7 Å². The molecule has 1 unspecified atom stereocenters. The SMILES string of the molecule is Cc1ccc(OCCCC(=O)N2CCCC2C(=O)O)c(C)c1. The van der Waals surface area contributed by atoms with Gasteiger partial charge in [0.2, 0.25) is 5.91 Å². The Labute approximate surface area is 130 Å². The summed E-state index contributed by atoms with van der Waals surface area (Å²) >= 11 is 0. The molecule has 0 bridgehead atoms. The molecule has 0 saturated carbocycles. The third-order valence-electron chi connectivity index (χ3n) is 3.98. The number of nitrogens with zero attached hydrogens (tertiary/aromatic N) is 1. The number of aryl methyl sites for hydroxylation is 2. The lowest BCUT2D eigenvalue weighted by molar-refractivity contribution is -0.148. The zero-order valence-electron chi connectivity index (χ0n) is 13.2. The molecule has 0 spiro atoms. The van der Waals surface area contributed by atoms with Gasteiger partial charge in [0.15, 0.2) is 0 Å². The predicted molar refractivity (Wildman–Crippen MR) is 83.0 cm³/mol. The second-order valence-corrected chi connectivity index (χ2v) is 5.80. The van der Waals surface area contributed by atoms with Crippen LogP contribution in [-0.2, 0) is 9.59 Å². The molecule has 1 aromatic carbocycles. The van der Waals surface area contributed by atoms with Crippen LogP contribution in [0.2, 0.25) is 0 Å². The summed E-state index contributed by atoms with van der Waals surface area (Å²) in [7, 11) is 0. The van der Waals surface area contributed by atoms with E-state index in [0.717, 1.165) is 17.7 Å². The van der Waals surface area contributed by atoms with E-state index >= 15 is 0 Å². The first-order valence-electron chi connectivity index (χ1n) is 7.71. The first-order chi connectivity index (χ1) is 10.5. The minimum Gasteiger partial charge on any atom is -0.493 e. The molecule has 1 amide bonds. The van der Waals surface area contributed by atoms with Gasteiger partial charge in [0.25, 0.3) is 0 Å². The van der Waals surface area contributed by atoms with Crippen LogP contribution in [0, 0.1) is 13.8 Å². The third kappa shape index (κ3) is 4.00. The molecule has 1 atom stereocenters. The smallest absolute Gasteiger partial charge is 0.326 e. The van der Waals surface area contributed by atoms with Gasteiger partial charge in [0, 0.05) is 13.0 Å². The van der Waals surface area contributed by atoms with E-state index in [2.05, 4.69) is 6.07 Å². The Bertz CT molecular complexity index is 556. The van der Waals surface area contributed by atoms with Crippen LogP contribution in [0.5, 0.6) is 5.75 Å². The molecule has 1 saturated heterocycles. The summed E-state index contributed by atoms with van der Waals surface area (Å²) in [5.41, 5.74) is 2.27. The molecule has 0 aromatic heterocycles. The summed E-state index contributed by atoms with van der Waals surface area (Å²) in [6, 6.07) is 5.35. The van der Waals surface area contributed by atoms with E-state index in [1.165, 1.54) is 10.5 Å². The van der Waals surface area contributed by atoms with Crippen molar-refractivity contribution in [3.8, 4) is 5.75 Å². The number of carboxylic acids is 1. The fourth-order valence-electron chi connectivity index (χ4n) is 2.83. The molecule has 5 heteroatoms. The van der Waals surface area contributed by atoms with E-state index in [1.807, 2.05) is 26.0 Å². The van der Waals surface area contributed by atoms with Gasteiger partial charge in [0.05, 0.1) is 6.61 Å². The average Bonchev–Trinajstić information content (AvgIpc) is 2.95. The van der Waals surface area contributed by atoms with Gasteiger partial charge in [-0.15, -0.1) is 0 Å². The van der Waals surface area contributed by atoms with Gasteiger partial charge in [-0.25, -0.2) is 4.79 Å². The van der Waals surface area contributed by atoms with Crippen LogP contribution in [0.4, 0.5) is 0 Å². The van der Waals surface area contributed by atoms with Gasteiger partial charge in [0.1, 0.15) is 11.8 Å². The Hall–Kier alpha value is -2.04. The van der Waals surface area contributed by atoms with E-state index in [9.17, 15) is 9.59 Å². The normalized spacial score (nSPS) is 17.5. The van der Waals surface area contributed by atoms with E-state index in [1.54, 1.807) is 0 Å². The molecule has 5 nitrogen and oxygen atoms in total. The number of carboxylic acid groups (broad SMARTS) is 1. The number of aliphatic carboxylic acids is 1. The molecule has 1 N–H and O–H groups in total. The van der Waals surface area contributed by atoms with Crippen molar-refractivity contribution in [2.24, 2.45) is 0 Å². The van der Waals surface area contributed by atoms with Crippen molar-refractivity contribution < 1.29 is 19.4 Å². The zero-order valence-corrected chi connectivity index (χ0v) is 13.2. The summed E-state index contributed by atoms with van der Waals surface area (Å²) < 4.78 is 5.69. The summed E-state index contributed by atoms with van der Waals surface area (Å²) in [5.74, 6) is -0.158. The lowest BCUT2D eigenvalue weighted by atomic mass is 10.1. The number of amides is 1. The molecule has 0 aliphatic carbocycles. The highest BCUT2D eigenvalue weighted by atomic mass is 16.5. The maximum atomic E-state index is 12.1. The lowest BCUT2D eigenvalue weighted by Crippen LogP contribution is -2.40. The Morgan fingerprint density at radius 1 is 1.36 bits per heavy atom. The van der Waals surface area contributed by atoms with Crippen LogP contribution in [-0.4, -0.2) is 41.1 Å². The van der Waals surface area contributed by atoms with Crippen LogP contribution in [0.1, 0.15) is 36.8 Å². The lowest BCUT2D eigenvalue weighted by Gasteiger charge is -2.21. The molecule has 1 heterocycles. The number of benzene rings is 1. The summed E-state index contributed by atoms with van der Waals surface area (Å²) in [4.78, 5) is 24.7. The van der Waals surface area contributed by atoms with Crippen molar-refractivity contribution in [1.29, 1.82) is 0 Å². The summed E-state index contributed by atoms with van der Waals surface area (Å²) in [6.07, 6.45) is 2.24. The number of hydrogen-bond donors (Lipinski definition) is 1. The Morgan fingerprint density at radius 3 is 2.82 bits per heavy atom. The van der Waals surface area contributed by atoms with Crippen molar-refractivity contribution >= 4 is 11.9 Å². The van der Waals surface area contributed by atoms with E-state index in [0.29, 0.717) is 32.4 Å². The number of ether oxygens (including phenoxy) is 1. The van der Waals surface area contributed by atoms with Gasteiger partial charge in [-0.2, -0.15) is 0 Å². The second-order valence-electron chi connectivity index (χ2n) is 5.80. The summed E-state index contributed by atoms with van der Waals surface area (Å²) in [6.45, 7) is 5.04. The fourth-order valence-corrected chi connectivity index (χ4v) is 2.83. The Balaban J connectivity index is 1.76. The molecule has 1 fully saturated rings. The van der Waals surface area contributed by atoms with E-state index in [-0.39, 0.29) is 5.91 Å². The van der Waals surface area contributed by atoms with Gasteiger partial charge >= 0.3 is 5.97 Å². The van der Waals surface area contributed by atoms with Gasteiger partial charge in [-0.3, -0.25) is 4.79 Å². The van der Waals surface area contributed by atoms with Crippen molar-refractivity contribution in [3.63, 3.8) is 0 Å². The molecule has 120 valence electrons. The molecule has 22 heavy (non-hydrogen) atoms. The fraction of sp³-hybridized carbons (Fsp3) is 0.529. The molecule has 1 aliphatic rings. The van der Waals surface area contributed by atoms with Crippen LogP contribution < -0.4 is 4.74 Å². The van der Waals surface area contributed by atoms with E-state index < -0.39 is 12.0 Å². The molecular formula is C17H23NO4. The highest BCUT2D eigenvalue weighted by Gasteiger charge is 2.33. The van der Waals surface area contributed by atoms with E-state index in [4.69, 9.17) is 9.84 Å². The topological polar surface area (TPSA) is 66.8 Å². The first kappa shape index (κ1) is 16.3. The largest absolute Gasteiger partial charge is 0.493 e. The van der Waals surface area contributed by atoms with Crippen molar-refractivity contribution in [2.45, 2.75) is 45.6 Å². The van der Waals surface area contributed by atoms with Crippen LogP contribution in [0.3, 0.4) is 0 Å². The zero-order chi connectivity index (χ0) is 16.1. The van der Waals surface area contributed by atoms with Crippen molar-refractivity contribution in [1.82, 2.24) is 4.90 Å². The van der Waals surface area contributed by atoms with Crippen molar-refractivity contribution in [2.75, 3.05) is 13.2 Å². The second kappa shape index (κ2) is 7.29. The molecule has 0 radical (unpaired) electrons. The molecular weight excluding hydrogens is 282 g/mol. The van der Waals surface area contributed by atoms with Gasteiger partial charge in [-0.1, -0.05) is 17.7 Å². The third-order valence-corrected chi connectivity index (χ3v) is 3.98. The molecule has 1 aromatic rings. The number of hydrogen-bond acceptors (Lipinski definition) is 3. The molecule has 2 rings (SSSR count). The minimum absolute atomic E-state index is 0.0888. The predicted octanol–water partition coefficient (Wildman–Crippen LogP) is 2.54. The quantitative estimate of drug-likeness (QED) is 0.820. The van der Waals surface area contributed by atoms with Crippen LogP contribution in [0.15, 0.2) is 18.2 Å². The Morgan fingerprint density at radius 2 is 2.14 bits per heavy atom. The maximum absolute atomic E-state index is 12.1. The highest BCUT2D eigenvalue weighted by Crippen LogP contribution is 2.20. The number of likely N-dealkylation sites (tertiary alicyclic amines) is 1. The van der Waals surface area contributed by atoms with Crippen LogP contribution in [0.25, 0.3) is 0 Å². The molecule has 1 aliphatic heterocycles. The number of rotatable bonds is 6. The maximum Gasteiger partial charge on any atom is 0.326 e. The number of carbonyl (C=O) groups excluding carboxylic acids is 1. The first-order valence-corrected chi connectivity index (χ1v) is 7.71. The minimum atomic E-state index is -0.905. The number of carbonyl (C=O) groups is 2. The average molecular weight is 305 g/mol. The summed E-state index contributed by atoms with van der Waals surface area (Å²) in [5, 5.41) is 9.09. The van der Waals surface area contributed by atoms with Gasteiger partial charge in [-0.05, 0) is 44.7 Å². The monoisotopic (exact) mass is 305 g/mol. The standard InChI is InChI=1S/C17H23NO4/c1-12-7-8-15(13(2)11-12)22-10-4-6-16(19)18-9-3-5-14(18)17(20)21/h7-8,11,14H,3-6,9-10H2,1-2H3,(H,20,21). The Kier molecular flexibility index (Phi) is 5.41. The highest BCUT2D eigenvalue weighted by molar-refractivity contribution is 5.84. The van der Waals surface area contributed by atoms with Crippen LogP contribution >= 0.6 is 0 Å². The van der Waals surface area contributed by atoms with Crippen molar-refractivity contribution in [3.05, 3.63) is 29.3 Å².